The van der Waals surface area contributed by atoms with Crippen molar-refractivity contribution in [3.05, 3.63) is 22.3 Å². The molecule has 6 heteroatoms. The van der Waals surface area contributed by atoms with Crippen LogP contribution in [0.2, 0.25) is 0 Å². The van der Waals surface area contributed by atoms with Crippen LogP contribution >= 0.6 is 11.3 Å². The van der Waals surface area contributed by atoms with Crippen molar-refractivity contribution in [2.75, 3.05) is 7.11 Å². The number of hydrogen-bond donors (Lipinski definition) is 0. The Labute approximate surface area is 103 Å². The van der Waals surface area contributed by atoms with Crippen LogP contribution in [-0.4, -0.2) is 27.8 Å². The van der Waals surface area contributed by atoms with Gasteiger partial charge in [0.25, 0.3) is 0 Å². The molecule has 0 aliphatic rings. The van der Waals surface area contributed by atoms with Crippen LogP contribution in [0.5, 0.6) is 0 Å². The molecular weight excluding hydrogens is 238 g/mol. The molecule has 0 aliphatic heterocycles. The Morgan fingerprint density at radius 1 is 1.59 bits per heavy atom. The molecule has 2 aromatic rings. The Morgan fingerprint density at radius 3 is 2.94 bits per heavy atom. The molecule has 5 nitrogen and oxygen atoms in total. The fraction of sp³-hybridized carbons (Fsp3) is 0.364. The van der Waals surface area contributed by atoms with E-state index in [2.05, 4.69) is 14.8 Å². The molecule has 0 atom stereocenters. The highest BCUT2D eigenvalue weighted by molar-refractivity contribution is 7.10. The molecule has 0 unspecified atom stereocenters. The number of hydrogen-bond acceptors (Lipinski definition) is 5. The smallest absolute Gasteiger partial charge is 0.312 e. The van der Waals surface area contributed by atoms with Gasteiger partial charge < -0.3 is 4.74 Å². The van der Waals surface area contributed by atoms with Gasteiger partial charge in [0, 0.05) is 24.2 Å². The number of thiazole rings is 1. The molecule has 17 heavy (non-hydrogen) atoms. The minimum atomic E-state index is -0.270. The summed E-state index contributed by atoms with van der Waals surface area (Å²) in [4.78, 5) is 15.5. The van der Waals surface area contributed by atoms with Gasteiger partial charge in [-0.1, -0.05) is 0 Å². The average molecular weight is 251 g/mol. The normalized spacial score (nSPS) is 10.5. The molecule has 2 heterocycles. The molecule has 0 fully saturated rings. The van der Waals surface area contributed by atoms with Gasteiger partial charge in [0.05, 0.1) is 24.9 Å². The van der Waals surface area contributed by atoms with Crippen molar-refractivity contribution in [1.82, 2.24) is 14.8 Å². The average Bonchev–Trinajstić information content (AvgIpc) is 2.85. The molecule has 0 bridgehead atoms. The maximum absolute atomic E-state index is 11.1. The summed E-state index contributed by atoms with van der Waals surface area (Å²) in [5, 5.41) is 6.96. The second kappa shape index (κ2) is 4.67. The molecular formula is C11H13N3O2S. The molecule has 0 aromatic carbocycles. The highest BCUT2D eigenvalue weighted by Crippen LogP contribution is 2.24. The van der Waals surface area contributed by atoms with Crippen molar-refractivity contribution in [2.45, 2.75) is 13.3 Å². The lowest BCUT2D eigenvalue weighted by Gasteiger charge is -1.94. The molecule has 0 radical (unpaired) electrons. The minimum Gasteiger partial charge on any atom is -0.469 e. The molecule has 2 aromatic heterocycles. The van der Waals surface area contributed by atoms with Crippen LogP contribution in [0.1, 0.15) is 10.7 Å². The van der Waals surface area contributed by atoms with Gasteiger partial charge in [0.1, 0.15) is 5.01 Å². The van der Waals surface area contributed by atoms with Crippen molar-refractivity contribution in [3.63, 3.8) is 0 Å². The molecule has 0 saturated carbocycles. The lowest BCUT2D eigenvalue weighted by atomic mass is 10.2. The molecule has 0 amide bonds. The third kappa shape index (κ3) is 2.52. The van der Waals surface area contributed by atoms with E-state index in [4.69, 9.17) is 0 Å². The lowest BCUT2D eigenvalue weighted by Crippen LogP contribution is -2.03. The van der Waals surface area contributed by atoms with E-state index in [1.54, 1.807) is 4.68 Å². The number of esters is 1. The first-order valence-corrected chi connectivity index (χ1v) is 6.00. The lowest BCUT2D eigenvalue weighted by molar-refractivity contribution is -0.139. The summed E-state index contributed by atoms with van der Waals surface area (Å²) in [6.45, 7) is 1.94. The summed E-state index contributed by atoms with van der Waals surface area (Å²) < 4.78 is 6.36. The molecule has 0 N–H and O–H groups in total. The van der Waals surface area contributed by atoms with E-state index in [-0.39, 0.29) is 12.4 Å². The second-order valence-corrected chi connectivity index (χ2v) is 4.62. The third-order valence-electron chi connectivity index (χ3n) is 2.36. The van der Waals surface area contributed by atoms with Gasteiger partial charge in [0.2, 0.25) is 0 Å². The van der Waals surface area contributed by atoms with Gasteiger partial charge in [-0.15, -0.1) is 11.3 Å². The predicted molar refractivity (Wildman–Crippen MR) is 64.8 cm³/mol. The second-order valence-electron chi connectivity index (χ2n) is 3.68. The zero-order chi connectivity index (χ0) is 12.4. The standard InChI is InChI=1S/C11H13N3O2S/c1-7-8(5-14(2)13-7)9-6-17-10(12-9)4-11(15)16-3/h5-6H,4H2,1-3H3. The molecule has 0 spiro atoms. The Bertz CT molecular complexity index is 545. The SMILES string of the molecule is COC(=O)Cc1nc(-c2cn(C)nc2C)cs1. The Kier molecular flexibility index (Phi) is 3.23. The van der Waals surface area contributed by atoms with E-state index in [1.807, 2.05) is 25.5 Å². The maximum Gasteiger partial charge on any atom is 0.312 e. The predicted octanol–water partition coefficient (Wildman–Crippen LogP) is 1.57. The van der Waals surface area contributed by atoms with Crippen LogP contribution in [0.4, 0.5) is 0 Å². The number of rotatable bonds is 3. The van der Waals surface area contributed by atoms with Crippen molar-refractivity contribution in [2.24, 2.45) is 7.05 Å². The maximum atomic E-state index is 11.1. The summed E-state index contributed by atoms with van der Waals surface area (Å²) in [7, 11) is 3.25. The first-order chi connectivity index (χ1) is 8.10. The van der Waals surface area contributed by atoms with E-state index in [0.29, 0.717) is 0 Å². The molecule has 0 aliphatic carbocycles. The number of aryl methyl sites for hydroxylation is 2. The van der Waals surface area contributed by atoms with E-state index in [9.17, 15) is 4.79 Å². The van der Waals surface area contributed by atoms with Gasteiger partial charge in [0.15, 0.2) is 0 Å². The number of nitrogens with zero attached hydrogens (tertiary/aromatic N) is 3. The summed E-state index contributed by atoms with van der Waals surface area (Å²) in [6, 6.07) is 0. The van der Waals surface area contributed by atoms with Gasteiger partial charge in [-0.3, -0.25) is 9.48 Å². The largest absolute Gasteiger partial charge is 0.469 e. The number of methoxy groups -OCH3 is 1. The van der Waals surface area contributed by atoms with E-state index < -0.39 is 0 Å². The van der Waals surface area contributed by atoms with Gasteiger partial charge in [-0.2, -0.15) is 5.10 Å². The van der Waals surface area contributed by atoms with E-state index in [1.165, 1.54) is 18.4 Å². The monoisotopic (exact) mass is 251 g/mol. The zero-order valence-electron chi connectivity index (χ0n) is 9.93. The highest BCUT2D eigenvalue weighted by atomic mass is 32.1. The van der Waals surface area contributed by atoms with Crippen LogP contribution in [0.3, 0.4) is 0 Å². The summed E-state index contributed by atoms with van der Waals surface area (Å²) in [5.74, 6) is -0.270. The summed E-state index contributed by atoms with van der Waals surface area (Å²) >= 11 is 1.46. The fourth-order valence-corrected chi connectivity index (χ4v) is 2.34. The van der Waals surface area contributed by atoms with Crippen LogP contribution in [0.15, 0.2) is 11.6 Å². The number of carbonyl (C=O) groups is 1. The van der Waals surface area contributed by atoms with E-state index >= 15 is 0 Å². The van der Waals surface area contributed by atoms with Crippen LogP contribution in [-0.2, 0) is 23.0 Å². The summed E-state index contributed by atoms with van der Waals surface area (Å²) in [6.07, 6.45) is 2.15. The Balaban J connectivity index is 2.24. The van der Waals surface area contributed by atoms with Crippen LogP contribution in [0, 0.1) is 6.92 Å². The molecule has 0 saturated heterocycles. The van der Waals surface area contributed by atoms with Crippen molar-refractivity contribution >= 4 is 17.3 Å². The molecule has 90 valence electrons. The minimum absolute atomic E-state index is 0.223. The van der Waals surface area contributed by atoms with Crippen molar-refractivity contribution < 1.29 is 9.53 Å². The number of carbonyl (C=O) groups excluding carboxylic acids is 1. The van der Waals surface area contributed by atoms with Gasteiger partial charge >= 0.3 is 5.97 Å². The Hall–Kier alpha value is -1.69. The molecule has 2 rings (SSSR count). The summed E-state index contributed by atoms with van der Waals surface area (Å²) in [5.41, 5.74) is 2.79. The van der Waals surface area contributed by atoms with Crippen LogP contribution in [0.25, 0.3) is 11.3 Å². The topological polar surface area (TPSA) is 57.0 Å². The quantitative estimate of drug-likeness (QED) is 0.777. The van der Waals surface area contributed by atoms with E-state index in [0.717, 1.165) is 22.0 Å². The highest BCUT2D eigenvalue weighted by Gasteiger charge is 2.12. The van der Waals surface area contributed by atoms with Crippen molar-refractivity contribution in [1.29, 1.82) is 0 Å². The first-order valence-electron chi connectivity index (χ1n) is 5.12. The van der Waals surface area contributed by atoms with Gasteiger partial charge in [-0.05, 0) is 6.92 Å². The third-order valence-corrected chi connectivity index (χ3v) is 3.21. The zero-order valence-corrected chi connectivity index (χ0v) is 10.7. The first kappa shape index (κ1) is 11.8. The van der Waals surface area contributed by atoms with Gasteiger partial charge in [-0.25, -0.2) is 4.98 Å². The fourth-order valence-electron chi connectivity index (χ4n) is 1.56. The Morgan fingerprint density at radius 2 is 2.35 bits per heavy atom. The number of aromatic nitrogens is 3. The number of ether oxygens (including phenoxy) is 1. The van der Waals surface area contributed by atoms with Crippen molar-refractivity contribution in [3.8, 4) is 11.3 Å². The van der Waals surface area contributed by atoms with Crippen LogP contribution < -0.4 is 0 Å².